The zero-order valence-electron chi connectivity index (χ0n) is 12.7. The molecule has 1 aromatic carbocycles. The molecule has 0 aromatic heterocycles. The number of ether oxygens (including phenoxy) is 1. The predicted molar refractivity (Wildman–Crippen MR) is 83.6 cm³/mol. The van der Waals surface area contributed by atoms with Gasteiger partial charge in [-0.25, -0.2) is 8.42 Å². The number of nitrogen functional groups attached to an aromatic ring is 1. The highest BCUT2D eigenvalue weighted by atomic mass is 32.2. The zero-order chi connectivity index (χ0) is 15.5. The summed E-state index contributed by atoms with van der Waals surface area (Å²) >= 11 is 0. The van der Waals surface area contributed by atoms with Crippen molar-refractivity contribution in [1.29, 1.82) is 0 Å². The van der Waals surface area contributed by atoms with Crippen molar-refractivity contribution < 1.29 is 13.2 Å². The maximum Gasteiger partial charge on any atom is 0.243 e. The van der Waals surface area contributed by atoms with Gasteiger partial charge in [-0.1, -0.05) is 13.0 Å². The van der Waals surface area contributed by atoms with Gasteiger partial charge in [0, 0.05) is 25.4 Å². The molecule has 5 nitrogen and oxygen atoms in total. The SMILES string of the molecule is CCCOC1CCCN(S(=O)(=O)c2cc(N)ccc2C)C1. The van der Waals surface area contributed by atoms with Gasteiger partial charge in [0.1, 0.15) is 0 Å². The van der Waals surface area contributed by atoms with Gasteiger partial charge in [0.25, 0.3) is 0 Å². The molecule has 0 saturated carbocycles. The third-order valence-electron chi connectivity index (χ3n) is 3.73. The van der Waals surface area contributed by atoms with Crippen LogP contribution in [0.15, 0.2) is 23.1 Å². The number of hydrogen-bond donors (Lipinski definition) is 1. The summed E-state index contributed by atoms with van der Waals surface area (Å²) in [6.07, 6.45) is 2.68. The first-order valence-electron chi connectivity index (χ1n) is 7.43. The monoisotopic (exact) mass is 312 g/mol. The van der Waals surface area contributed by atoms with E-state index >= 15 is 0 Å². The van der Waals surface area contributed by atoms with Crippen LogP contribution >= 0.6 is 0 Å². The largest absolute Gasteiger partial charge is 0.399 e. The van der Waals surface area contributed by atoms with Gasteiger partial charge in [-0.2, -0.15) is 4.31 Å². The molecular weight excluding hydrogens is 288 g/mol. The molecule has 1 heterocycles. The van der Waals surface area contributed by atoms with E-state index in [-0.39, 0.29) is 6.10 Å². The molecule has 1 aliphatic rings. The molecule has 2 N–H and O–H groups in total. The highest BCUT2D eigenvalue weighted by molar-refractivity contribution is 7.89. The Labute approximate surface area is 127 Å². The first-order chi connectivity index (χ1) is 9.95. The molecule has 2 rings (SSSR count). The molecule has 1 aromatic rings. The molecule has 21 heavy (non-hydrogen) atoms. The Morgan fingerprint density at radius 3 is 2.90 bits per heavy atom. The molecule has 0 aliphatic carbocycles. The van der Waals surface area contributed by atoms with E-state index in [2.05, 4.69) is 0 Å². The van der Waals surface area contributed by atoms with Crippen molar-refractivity contribution in [2.75, 3.05) is 25.4 Å². The topological polar surface area (TPSA) is 72.6 Å². The quantitative estimate of drug-likeness (QED) is 0.846. The molecule has 118 valence electrons. The fourth-order valence-electron chi connectivity index (χ4n) is 2.58. The van der Waals surface area contributed by atoms with Crippen LogP contribution in [0, 0.1) is 6.92 Å². The highest BCUT2D eigenvalue weighted by Gasteiger charge is 2.31. The Morgan fingerprint density at radius 2 is 2.19 bits per heavy atom. The van der Waals surface area contributed by atoms with Crippen LogP contribution in [0.5, 0.6) is 0 Å². The number of piperidine rings is 1. The summed E-state index contributed by atoms with van der Waals surface area (Å²) in [7, 11) is -3.50. The standard InChI is InChI=1S/C15H24N2O3S/c1-3-9-20-14-5-4-8-17(11-14)21(18,19)15-10-13(16)7-6-12(15)2/h6-7,10,14H,3-5,8-9,11,16H2,1-2H3. The molecule has 1 saturated heterocycles. The van der Waals surface area contributed by atoms with Crippen LogP contribution in [0.25, 0.3) is 0 Å². The number of sulfonamides is 1. The smallest absolute Gasteiger partial charge is 0.243 e. The van der Waals surface area contributed by atoms with Crippen LogP contribution in [-0.2, 0) is 14.8 Å². The van der Waals surface area contributed by atoms with E-state index in [0.717, 1.165) is 24.8 Å². The van der Waals surface area contributed by atoms with Crippen molar-refractivity contribution in [3.63, 3.8) is 0 Å². The molecule has 1 unspecified atom stereocenters. The van der Waals surface area contributed by atoms with E-state index in [1.807, 2.05) is 6.92 Å². The van der Waals surface area contributed by atoms with Gasteiger partial charge in [-0.3, -0.25) is 0 Å². The summed E-state index contributed by atoms with van der Waals surface area (Å²) in [5, 5.41) is 0. The molecule has 6 heteroatoms. The lowest BCUT2D eigenvalue weighted by Gasteiger charge is -2.32. The Kier molecular flexibility index (Phi) is 5.24. The lowest BCUT2D eigenvalue weighted by atomic mass is 10.1. The lowest BCUT2D eigenvalue weighted by Crippen LogP contribution is -2.43. The number of aryl methyl sites for hydroxylation is 1. The summed E-state index contributed by atoms with van der Waals surface area (Å²) in [5.74, 6) is 0. The van der Waals surface area contributed by atoms with Crippen molar-refractivity contribution in [1.82, 2.24) is 4.31 Å². The summed E-state index contributed by atoms with van der Waals surface area (Å²) < 4.78 is 32.8. The minimum absolute atomic E-state index is 0.00478. The van der Waals surface area contributed by atoms with E-state index in [1.165, 1.54) is 4.31 Å². The predicted octanol–water partition coefficient (Wildman–Crippen LogP) is 2.16. The van der Waals surface area contributed by atoms with E-state index in [4.69, 9.17) is 10.5 Å². The van der Waals surface area contributed by atoms with Crippen LogP contribution < -0.4 is 5.73 Å². The van der Waals surface area contributed by atoms with Gasteiger partial charge in [0.15, 0.2) is 0 Å². The molecule has 0 spiro atoms. The third-order valence-corrected chi connectivity index (χ3v) is 5.74. The zero-order valence-corrected chi connectivity index (χ0v) is 13.5. The van der Waals surface area contributed by atoms with Crippen LogP contribution in [0.3, 0.4) is 0 Å². The van der Waals surface area contributed by atoms with Gasteiger partial charge in [0.2, 0.25) is 10.0 Å². The van der Waals surface area contributed by atoms with Crippen molar-refractivity contribution in [2.45, 2.75) is 44.1 Å². The maximum atomic E-state index is 12.8. The third kappa shape index (κ3) is 3.75. The van der Waals surface area contributed by atoms with Crippen LogP contribution in [0.2, 0.25) is 0 Å². The Balaban J connectivity index is 2.20. The van der Waals surface area contributed by atoms with Crippen molar-refractivity contribution in [3.8, 4) is 0 Å². The number of benzene rings is 1. The summed E-state index contributed by atoms with van der Waals surface area (Å²) in [5.41, 5.74) is 6.93. The van der Waals surface area contributed by atoms with Gasteiger partial charge < -0.3 is 10.5 Å². The minimum atomic E-state index is -3.50. The van der Waals surface area contributed by atoms with Gasteiger partial charge in [-0.15, -0.1) is 0 Å². The second-order valence-corrected chi connectivity index (χ2v) is 7.43. The summed E-state index contributed by atoms with van der Waals surface area (Å²) in [6.45, 7) is 5.49. The minimum Gasteiger partial charge on any atom is -0.399 e. The Morgan fingerprint density at radius 1 is 1.43 bits per heavy atom. The summed E-state index contributed by atoms with van der Waals surface area (Å²) in [6, 6.07) is 5.01. The van der Waals surface area contributed by atoms with Crippen LogP contribution in [-0.4, -0.2) is 38.5 Å². The molecule has 1 aliphatic heterocycles. The Hall–Kier alpha value is -1.11. The van der Waals surface area contributed by atoms with E-state index in [0.29, 0.717) is 30.3 Å². The second kappa shape index (κ2) is 6.77. The van der Waals surface area contributed by atoms with Crippen molar-refractivity contribution in [2.24, 2.45) is 0 Å². The lowest BCUT2D eigenvalue weighted by molar-refractivity contribution is 0.0193. The van der Waals surface area contributed by atoms with E-state index in [9.17, 15) is 8.42 Å². The highest BCUT2D eigenvalue weighted by Crippen LogP contribution is 2.25. The maximum absolute atomic E-state index is 12.8. The number of nitrogens with zero attached hydrogens (tertiary/aromatic N) is 1. The normalized spacial score (nSPS) is 20.6. The van der Waals surface area contributed by atoms with Gasteiger partial charge in [-0.05, 0) is 43.9 Å². The molecular formula is C15H24N2O3S. The fraction of sp³-hybridized carbons (Fsp3) is 0.600. The molecule has 1 fully saturated rings. The first kappa shape index (κ1) is 16.3. The number of nitrogens with two attached hydrogens (primary N) is 1. The first-order valence-corrected chi connectivity index (χ1v) is 8.87. The van der Waals surface area contributed by atoms with E-state index < -0.39 is 10.0 Å². The molecule has 0 radical (unpaired) electrons. The van der Waals surface area contributed by atoms with Crippen LogP contribution in [0.1, 0.15) is 31.7 Å². The van der Waals surface area contributed by atoms with Gasteiger partial charge >= 0.3 is 0 Å². The summed E-state index contributed by atoms with van der Waals surface area (Å²) in [4.78, 5) is 0.304. The van der Waals surface area contributed by atoms with Crippen molar-refractivity contribution in [3.05, 3.63) is 23.8 Å². The average Bonchev–Trinajstić information content (AvgIpc) is 2.48. The van der Waals surface area contributed by atoms with Crippen molar-refractivity contribution >= 4 is 15.7 Å². The van der Waals surface area contributed by atoms with Crippen LogP contribution in [0.4, 0.5) is 5.69 Å². The second-order valence-electron chi connectivity index (χ2n) is 5.52. The molecule has 0 amide bonds. The molecule has 1 atom stereocenters. The number of anilines is 1. The van der Waals surface area contributed by atoms with Gasteiger partial charge in [0.05, 0.1) is 11.0 Å². The fourth-order valence-corrected chi connectivity index (χ4v) is 4.35. The number of rotatable bonds is 5. The van der Waals surface area contributed by atoms with E-state index in [1.54, 1.807) is 25.1 Å². The Bertz CT molecular complexity index is 587. The average molecular weight is 312 g/mol. The number of hydrogen-bond acceptors (Lipinski definition) is 4. The molecule has 0 bridgehead atoms.